The van der Waals surface area contributed by atoms with E-state index < -0.39 is 5.97 Å². The number of rotatable bonds is 8. The lowest BCUT2D eigenvalue weighted by Crippen LogP contribution is -2.34. The predicted octanol–water partition coefficient (Wildman–Crippen LogP) is 2.26. The van der Waals surface area contributed by atoms with Crippen molar-refractivity contribution in [2.75, 3.05) is 27.4 Å². The number of amides is 1. The van der Waals surface area contributed by atoms with Crippen LogP contribution in [-0.4, -0.2) is 49.1 Å². The number of hydrogen-bond acceptors (Lipinski definition) is 6. The maximum absolute atomic E-state index is 12.5. The molecule has 0 bridgehead atoms. The molecule has 1 aromatic heterocycles. The van der Waals surface area contributed by atoms with Gasteiger partial charge in [-0.25, -0.2) is 9.78 Å². The monoisotopic (exact) mass is 326 g/mol. The van der Waals surface area contributed by atoms with Crippen molar-refractivity contribution in [1.82, 2.24) is 9.88 Å². The summed E-state index contributed by atoms with van der Waals surface area (Å²) in [5.74, 6) is -0.233. The Bertz CT molecular complexity index is 519. The Balaban J connectivity index is 2.77. The number of esters is 1. The fourth-order valence-electron chi connectivity index (χ4n) is 2.00. The second-order valence-electron chi connectivity index (χ2n) is 6.52. The van der Waals surface area contributed by atoms with E-state index in [1.807, 2.05) is 20.8 Å². The van der Waals surface area contributed by atoms with Gasteiger partial charge in [-0.1, -0.05) is 20.8 Å². The molecule has 0 aliphatic carbocycles. The number of aromatic nitrogens is 1. The Morgan fingerprint density at radius 1 is 1.30 bits per heavy atom. The first kappa shape index (κ1) is 19.2. The average molecular weight is 326 g/mol. The van der Waals surface area contributed by atoms with Crippen molar-refractivity contribution in [2.45, 2.75) is 40.2 Å². The summed E-state index contributed by atoms with van der Waals surface area (Å²) in [5, 5.41) is 0. The van der Waals surface area contributed by atoms with Crippen LogP contribution in [0.4, 0.5) is 0 Å². The van der Waals surface area contributed by atoms with E-state index in [9.17, 15) is 9.59 Å². The van der Waals surface area contributed by atoms with Gasteiger partial charge in [0.25, 0.3) is 0 Å². The van der Waals surface area contributed by atoms with E-state index in [2.05, 4.69) is 9.72 Å². The van der Waals surface area contributed by atoms with Crippen molar-refractivity contribution < 1.29 is 23.5 Å². The van der Waals surface area contributed by atoms with Gasteiger partial charge in [-0.15, -0.1) is 0 Å². The summed E-state index contributed by atoms with van der Waals surface area (Å²) in [6.45, 7) is 7.36. The molecule has 0 fully saturated rings. The van der Waals surface area contributed by atoms with Crippen LogP contribution >= 0.6 is 0 Å². The number of nitrogens with zero attached hydrogens (tertiary/aromatic N) is 2. The minimum Gasteiger partial charge on any atom is -0.464 e. The molecule has 0 aliphatic heterocycles. The van der Waals surface area contributed by atoms with Gasteiger partial charge in [0, 0.05) is 26.7 Å². The third-order valence-corrected chi connectivity index (χ3v) is 3.08. The number of hydrogen-bond donors (Lipinski definition) is 0. The highest BCUT2D eigenvalue weighted by Crippen LogP contribution is 2.21. The molecule has 0 saturated carbocycles. The van der Waals surface area contributed by atoms with E-state index in [1.54, 1.807) is 12.0 Å². The highest BCUT2D eigenvalue weighted by molar-refractivity contribution is 5.86. The van der Waals surface area contributed by atoms with E-state index in [0.29, 0.717) is 25.5 Å². The van der Waals surface area contributed by atoms with Gasteiger partial charge in [-0.2, -0.15) is 0 Å². The van der Waals surface area contributed by atoms with Gasteiger partial charge >= 0.3 is 5.97 Å². The molecule has 0 radical (unpaired) electrons. The molecule has 1 amide bonds. The van der Waals surface area contributed by atoms with E-state index in [1.165, 1.54) is 13.4 Å². The Hall–Kier alpha value is -1.89. The van der Waals surface area contributed by atoms with Crippen LogP contribution < -0.4 is 0 Å². The van der Waals surface area contributed by atoms with Gasteiger partial charge < -0.3 is 18.8 Å². The number of carbonyl (C=O) groups excluding carboxylic acids is 2. The Morgan fingerprint density at radius 3 is 2.57 bits per heavy atom. The van der Waals surface area contributed by atoms with E-state index in [-0.39, 0.29) is 23.6 Å². The minimum absolute atomic E-state index is 0.0198. The van der Waals surface area contributed by atoms with Gasteiger partial charge in [0.1, 0.15) is 6.26 Å². The largest absolute Gasteiger partial charge is 0.464 e. The summed E-state index contributed by atoms with van der Waals surface area (Å²) in [7, 11) is 2.90. The molecule has 0 N–H and O–H groups in total. The molecule has 1 heterocycles. The zero-order valence-corrected chi connectivity index (χ0v) is 14.5. The lowest BCUT2D eigenvalue weighted by atomic mass is 9.91. The fraction of sp³-hybridized carbons (Fsp3) is 0.688. The van der Waals surface area contributed by atoms with Crippen molar-refractivity contribution in [3.05, 3.63) is 17.8 Å². The van der Waals surface area contributed by atoms with E-state index >= 15 is 0 Å². The van der Waals surface area contributed by atoms with Crippen LogP contribution in [0.3, 0.4) is 0 Å². The van der Waals surface area contributed by atoms with Gasteiger partial charge in [-0.05, 0) is 11.8 Å². The maximum atomic E-state index is 12.5. The van der Waals surface area contributed by atoms with Crippen LogP contribution in [0.1, 0.15) is 50.0 Å². The molecular weight excluding hydrogens is 300 g/mol. The molecule has 0 aliphatic rings. The summed E-state index contributed by atoms with van der Waals surface area (Å²) in [5.41, 5.74) is -0.00715. The minimum atomic E-state index is -0.563. The molecule has 0 aromatic carbocycles. The van der Waals surface area contributed by atoms with Crippen molar-refractivity contribution in [2.24, 2.45) is 5.41 Å². The lowest BCUT2D eigenvalue weighted by Gasteiger charge is -2.25. The summed E-state index contributed by atoms with van der Waals surface area (Å²) >= 11 is 0. The highest BCUT2D eigenvalue weighted by Gasteiger charge is 2.23. The van der Waals surface area contributed by atoms with Crippen LogP contribution in [-0.2, 0) is 20.8 Å². The van der Waals surface area contributed by atoms with Crippen LogP contribution in [0, 0.1) is 5.41 Å². The Morgan fingerprint density at radius 2 is 2.00 bits per heavy atom. The van der Waals surface area contributed by atoms with Crippen molar-refractivity contribution in [3.8, 4) is 0 Å². The van der Waals surface area contributed by atoms with Crippen LogP contribution in [0.2, 0.25) is 0 Å². The third-order valence-electron chi connectivity index (χ3n) is 3.08. The summed E-state index contributed by atoms with van der Waals surface area (Å²) < 4.78 is 14.9. The molecule has 1 aromatic rings. The number of carbonyl (C=O) groups is 2. The topological polar surface area (TPSA) is 81.9 Å². The first-order chi connectivity index (χ1) is 10.8. The second-order valence-corrected chi connectivity index (χ2v) is 6.52. The zero-order valence-electron chi connectivity index (χ0n) is 14.5. The third kappa shape index (κ3) is 6.81. The molecule has 1 rings (SSSR count). The Kier molecular flexibility index (Phi) is 7.22. The summed E-state index contributed by atoms with van der Waals surface area (Å²) in [6.07, 6.45) is 2.38. The second kappa shape index (κ2) is 8.67. The van der Waals surface area contributed by atoms with E-state index in [0.717, 1.165) is 6.42 Å². The van der Waals surface area contributed by atoms with Gasteiger partial charge in [0.15, 0.2) is 5.69 Å². The predicted molar refractivity (Wildman–Crippen MR) is 83.8 cm³/mol. The van der Waals surface area contributed by atoms with Crippen molar-refractivity contribution in [3.63, 3.8) is 0 Å². The first-order valence-corrected chi connectivity index (χ1v) is 7.56. The molecule has 0 spiro atoms. The molecule has 0 saturated heterocycles. The normalized spacial score (nSPS) is 11.3. The lowest BCUT2D eigenvalue weighted by molar-refractivity contribution is -0.134. The van der Waals surface area contributed by atoms with Gasteiger partial charge in [0.2, 0.25) is 11.8 Å². The van der Waals surface area contributed by atoms with Crippen LogP contribution in [0.25, 0.3) is 0 Å². The van der Waals surface area contributed by atoms with Crippen LogP contribution in [0.5, 0.6) is 0 Å². The highest BCUT2D eigenvalue weighted by atomic mass is 16.5. The number of ether oxygens (including phenoxy) is 2. The fourth-order valence-corrected chi connectivity index (χ4v) is 2.00. The molecule has 7 heteroatoms. The first-order valence-electron chi connectivity index (χ1n) is 7.56. The van der Waals surface area contributed by atoms with Crippen molar-refractivity contribution >= 4 is 11.9 Å². The van der Waals surface area contributed by atoms with Gasteiger partial charge in [0.05, 0.1) is 13.7 Å². The molecule has 0 atom stereocenters. The zero-order chi connectivity index (χ0) is 17.5. The SMILES string of the molecule is COCCCN(Cc1nc(C(=O)OC)co1)C(=O)CC(C)(C)C. The standard InChI is InChI=1S/C16H26N2O5/c1-16(2,3)9-14(19)18(7-6-8-21-4)10-13-17-12(11-23-13)15(20)22-5/h11H,6-10H2,1-5H3. The molecule has 23 heavy (non-hydrogen) atoms. The molecular formula is C16H26N2O5. The number of methoxy groups -OCH3 is 2. The smallest absolute Gasteiger partial charge is 0.360 e. The maximum Gasteiger partial charge on any atom is 0.360 e. The number of oxazole rings is 1. The van der Waals surface area contributed by atoms with E-state index in [4.69, 9.17) is 9.15 Å². The van der Waals surface area contributed by atoms with Gasteiger partial charge in [-0.3, -0.25) is 4.79 Å². The summed E-state index contributed by atoms with van der Waals surface area (Å²) in [4.78, 5) is 29.6. The van der Waals surface area contributed by atoms with Crippen molar-refractivity contribution in [1.29, 1.82) is 0 Å². The molecule has 0 unspecified atom stereocenters. The molecule has 7 nitrogen and oxygen atoms in total. The molecule has 130 valence electrons. The van der Waals surface area contributed by atoms with Crippen LogP contribution in [0.15, 0.2) is 10.7 Å². The Labute approximate surface area is 136 Å². The summed E-state index contributed by atoms with van der Waals surface area (Å²) in [6, 6.07) is 0. The average Bonchev–Trinajstić information content (AvgIpc) is 2.92. The quantitative estimate of drug-likeness (QED) is 0.538.